The molecule has 0 saturated heterocycles. The Bertz CT molecular complexity index is 1160. The SMILES string of the molecule is O=C(Nc1cnc2ccccc2c1)C1CC=CCC1c1nc2ccccc2s1. The van der Waals surface area contributed by atoms with Crippen molar-refractivity contribution in [3.63, 3.8) is 0 Å². The zero-order valence-electron chi connectivity index (χ0n) is 15.2. The lowest BCUT2D eigenvalue weighted by Crippen LogP contribution is -2.29. The molecule has 2 atom stereocenters. The van der Waals surface area contributed by atoms with Crippen LogP contribution in [0.25, 0.3) is 21.1 Å². The van der Waals surface area contributed by atoms with Crippen LogP contribution < -0.4 is 5.32 Å². The Hall–Kier alpha value is -3.05. The normalized spacial score (nSPS) is 19.1. The second kappa shape index (κ2) is 7.17. The Morgan fingerprint density at radius 2 is 1.79 bits per heavy atom. The van der Waals surface area contributed by atoms with Gasteiger partial charge in [-0.1, -0.05) is 42.5 Å². The van der Waals surface area contributed by atoms with Gasteiger partial charge in [0.25, 0.3) is 0 Å². The van der Waals surface area contributed by atoms with Crippen molar-refractivity contribution in [2.45, 2.75) is 18.8 Å². The van der Waals surface area contributed by atoms with Crippen LogP contribution in [0.2, 0.25) is 0 Å². The largest absolute Gasteiger partial charge is 0.324 e. The number of anilines is 1. The number of aromatic nitrogens is 2. The van der Waals surface area contributed by atoms with Crippen molar-refractivity contribution < 1.29 is 4.79 Å². The summed E-state index contributed by atoms with van der Waals surface area (Å²) >= 11 is 1.70. The number of carbonyl (C=O) groups is 1. The number of hydrogen-bond donors (Lipinski definition) is 1. The van der Waals surface area contributed by atoms with Crippen LogP contribution in [0.5, 0.6) is 0 Å². The van der Waals surface area contributed by atoms with Gasteiger partial charge in [0.1, 0.15) is 0 Å². The fraction of sp³-hybridized carbons (Fsp3) is 0.174. The summed E-state index contributed by atoms with van der Waals surface area (Å²) in [4.78, 5) is 22.4. The third-order valence-electron chi connectivity index (χ3n) is 5.25. The number of carbonyl (C=O) groups excluding carboxylic acids is 1. The molecule has 4 aromatic rings. The number of nitrogens with zero attached hydrogens (tertiary/aromatic N) is 2. The van der Waals surface area contributed by atoms with Gasteiger partial charge in [-0.05, 0) is 37.1 Å². The van der Waals surface area contributed by atoms with Crippen molar-refractivity contribution in [2.24, 2.45) is 5.92 Å². The third-order valence-corrected chi connectivity index (χ3v) is 6.42. The summed E-state index contributed by atoms with van der Waals surface area (Å²) in [6, 6.07) is 18.0. The van der Waals surface area contributed by atoms with Gasteiger partial charge in [0.2, 0.25) is 5.91 Å². The molecule has 138 valence electrons. The van der Waals surface area contributed by atoms with E-state index in [-0.39, 0.29) is 17.7 Å². The molecule has 1 amide bonds. The van der Waals surface area contributed by atoms with Crippen LogP contribution in [-0.2, 0) is 4.79 Å². The molecule has 2 unspecified atom stereocenters. The molecule has 2 heterocycles. The van der Waals surface area contributed by atoms with E-state index in [9.17, 15) is 4.79 Å². The number of rotatable bonds is 3. The lowest BCUT2D eigenvalue weighted by Gasteiger charge is -2.26. The van der Waals surface area contributed by atoms with Crippen LogP contribution in [0.1, 0.15) is 23.8 Å². The van der Waals surface area contributed by atoms with E-state index in [0.717, 1.165) is 40.0 Å². The van der Waals surface area contributed by atoms with Gasteiger partial charge >= 0.3 is 0 Å². The molecule has 1 aliphatic carbocycles. The highest BCUT2D eigenvalue weighted by Crippen LogP contribution is 2.39. The average molecular weight is 385 g/mol. The standard InChI is InChI=1S/C23H19N3OS/c27-22(25-16-13-15-7-1-4-10-19(15)24-14-16)17-8-2-3-9-18(17)23-26-20-11-5-6-12-21(20)28-23/h1-7,10-14,17-18H,8-9H2,(H,25,27). The molecule has 0 bridgehead atoms. The summed E-state index contributed by atoms with van der Waals surface area (Å²) in [6.45, 7) is 0. The highest BCUT2D eigenvalue weighted by atomic mass is 32.1. The van der Waals surface area contributed by atoms with Crippen LogP contribution in [-0.4, -0.2) is 15.9 Å². The van der Waals surface area contributed by atoms with E-state index in [1.54, 1.807) is 17.5 Å². The number of allylic oxidation sites excluding steroid dienone is 2. The van der Waals surface area contributed by atoms with E-state index in [1.165, 1.54) is 4.70 Å². The Morgan fingerprint density at radius 1 is 1.00 bits per heavy atom. The molecule has 5 rings (SSSR count). The molecule has 0 saturated carbocycles. The molecular formula is C23H19N3OS. The van der Waals surface area contributed by atoms with Crippen LogP contribution in [0.4, 0.5) is 5.69 Å². The molecule has 2 aromatic carbocycles. The number of nitrogens with one attached hydrogen (secondary N) is 1. The average Bonchev–Trinajstić information content (AvgIpc) is 3.18. The van der Waals surface area contributed by atoms with Gasteiger partial charge in [0, 0.05) is 11.3 Å². The molecule has 0 aliphatic heterocycles. The number of fused-ring (bicyclic) bond motifs is 2. The maximum absolute atomic E-state index is 13.1. The quantitative estimate of drug-likeness (QED) is 0.472. The number of amides is 1. The van der Waals surface area contributed by atoms with Crippen LogP contribution >= 0.6 is 11.3 Å². The summed E-state index contributed by atoms with van der Waals surface area (Å²) in [5.74, 6) is 0.0125. The Kier molecular flexibility index (Phi) is 4.37. The minimum absolute atomic E-state index is 0.0330. The third kappa shape index (κ3) is 3.18. The van der Waals surface area contributed by atoms with Gasteiger partial charge in [-0.3, -0.25) is 9.78 Å². The second-order valence-corrected chi connectivity index (χ2v) is 8.14. The highest BCUT2D eigenvalue weighted by molar-refractivity contribution is 7.18. The van der Waals surface area contributed by atoms with E-state index in [2.05, 4.69) is 28.5 Å². The minimum Gasteiger partial charge on any atom is -0.324 e. The van der Waals surface area contributed by atoms with Gasteiger partial charge in [0.05, 0.1) is 38.5 Å². The van der Waals surface area contributed by atoms with Crippen molar-refractivity contribution in [1.82, 2.24) is 9.97 Å². The number of benzene rings is 2. The maximum Gasteiger partial charge on any atom is 0.228 e. The molecule has 5 heteroatoms. The van der Waals surface area contributed by atoms with Crippen molar-refractivity contribution >= 4 is 44.1 Å². The highest BCUT2D eigenvalue weighted by Gasteiger charge is 2.32. The molecule has 4 nitrogen and oxygen atoms in total. The molecule has 0 spiro atoms. The van der Waals surface area contributed by atoms with E-state index >= 15 is 0 Å². The summed E-state index contributed by atoms with van der Waals surface area (Å²) < 4.78 is 1.17. The van der Waals surface area contributed by atoms with Gasteiger partial charge < -0.3 is 5.32 Å². The summed E-state index contributed by atoms with van der Waals surface area (Å²) in [5.41, 5.74) is 2.67. The van der Waals surface area contributed by atoms with E-state index in [0.29, 0.717) is 0 Å². The molecule has 28 heavy (non-hydrogen) atoms. The van der Waals surface area contributed by atoms with E-state index in [1.807, 2.05) is 48.5 Å². The van der Waals surface area contributed by atoms with Crippen molar-refractivity contribution in [3.8, 4) is 0 Å². The fourth-order valence-electron chi connectivity index (χ4n) is 3.80. The lowest BCUT2D eigenvalue weighted by molar-refractivity contribution is -0.120. The first-order valence-electron chi connectivity index (χ1n) is 9.44. The molecule has 0 fully saturated rings. The van der Waals surface area contributed by atoms with E-state index < -0.39 is 0 Å². The zero-order valence-corrected chi connectivity index (χ0v) is 16.0. The Labute approximate surface area is 167 Å². The smallest absolute Gasteiger partial charge is 0.228 e. The van der Waals surface area contributed by atoms with E-state index in [4.69, 9.17) is 4.98 Å². The monoisotopic (exact) mass is 385 g/mol. The molecule has 2 aromatic heterocycles. The summed E-state index contributed by atoms with van der Waals surface area (Å²) in [7, 11) is 0. The van der Waals surface area contributed by atoms with Gasteiger partial charge in [-0.15, -0.1) is 11.3 Å². The molecule has 1 aliphatic rings. The van der Waals surface area contributed by atoms with Crippen LogP contribution in [0.3, 0.4) is 0 Å². The summed E-state index contributed by atoms with van der Waals surface area (Å²) in [6.07, 6.45) is 7.57. The molecule has 0 radical (unpaired) electrons. The fourth-order valence-corrected chi connectivity index (χ4v) is 4.95. The van der Waals surface area contributed by atoms with Crippen LogP contribution in [0.15, 0.2) is 72.9 Å². The number of hydrogen-bond acceptors (Lipinski definition) is 4. The topological polar surface area (TPSA) is 54.9 Å². The van der Waals surface area contributed by atoms with Crippen molar-refractivity contribution in [2.75, 3.05) is 5.32 Å². The number of thiazole rings is 1. The Morgan fingerprint density at radius 3 is 2.68 bits per heavy atom. The predicted octanol–water partition coefficient (Wildman–Crippen LogP) is 5.53. The predicted molar refractivity (Wildman–Crippen MR) is 115 cm³/mol. The second-order valence-electron chi connectivity index (χ2n) is 7.08. The minimum atomic E-state index is -0.128. The molecule has 1 N–H and O–H groups in total. The van der Waals surface area contributed by atoms with Gasteiger partial charge in [-0.2, -0.15) is 0 Å². The Balaban J connectivity index is 1.42. The first kappa shape index (κ1) is 17.1. The zero-order chi connectivity index (χ0) is 18.9. The van der Waals surface area contributed by atoms with Gasteiger partial charge in [0.15, 0.2) is 0 Å². The lowest BCUT2D eigenvalue weighted by atomic mass is 9.82. The number of para-hydroxylation sites is 2. The summed E-state index contributed by atoms with van der Waals surface area (Å²) in [5, 5.41) is 5.14. The van der Waals surface area contributed by atoms with Crippen molar-refractivity contribution in [1.29, 1.82) is 0 Å². The molecular weight excluding hydrogens is 366 g/mol. The van der Waals surface area contributed by atoms with Crippen LogP contribution in [0, 0.1) is 5.92 Å². The van der Waals surface area contributed by atoms with Gasteiger partial charge in [-0.25, -0.2) is 4.98 Å². The first-order valence-corrected chi connectivity index (χ1v) is 10.3. The number of pyridine rings is 1. The first-order chi connectivity index (χ1) is 13.8. The van der Waals surface area contributed by atoms with Crippen molar-refractivity contribution in [3.05, 3.63) is 78.0 Å². The maximum atomic E-state index is 13.1.